The predicted molar refractivity (Wildman–Crippen MR) is 115 cm³/mol. The Bertz CT molecular complexity index is 1130. The van der Waals surface area contributed by atoms with Crippen molar-refractivity contribution < 1.29 is 19.1 Å². The molecule has 2 amide bonds. The molecule has 7 heteroatoms. The van der Waals surface area contributed by atoms with Crippen LogP contribution in [0.25, 0.3) is 10.8 Å². The Morgan fingerprint density at radius 3 is 2.60 bits per heavy atom. The number of halogens is 1. The van der Waals surface area contributed by atoms with Crippen LogP contribution in [0.3, 0.4) is 0 Å². The molecule has 0 unspecified atom stereocenters. The average Bonchev–Trinajstić information content (AvgIpc) is 3.14. The van der Waals surface area contributed by atoms with Crippen LogP contribution in [0.15, 0.2) is 66.7 Å². The zero-order valence-electron chi connectivity index (χ0n) is 16.0. The van der Waals surface area contributed by atoms with Crippen LogP contribution < -0.4 is 10.2 Å². The lowest BCUT2D eigenvalue weighted by molar-refractivity contribution is -0.151. The molecule has 30 heavy (non-hydrogen) atoms. The van der Waals surface area contributed by atoms with Crippen molar-refractivity contribution in [3.8, 4) is 0 Å². The summed E-state index contributed by atoms with van der Waals surface area (Å²) < 4.78 is 5.17. The molecule has 0 aromatic heterocycles. The molecule has 1 aliphatic rings. The zero-order chi connectivity index (χ0) is 21.1. The van der Waals surface area contributed by atoms with Crippen LogP contribution >= 0.6 is 11.6 Å². The predicted octanol–water partition coefficient (Wildman–Crippen LogP) is 4.03. The molecule has 3 aromatic carbocycles. The fourth-order valence-corrected chi connectivity index (χ4v) is 3.78. The van der Waals surface area contributed by atoms with Crippen molar-refractivity contribution in [2.24, 2.45) is 5.92 Å². The van der Waals surface area contributed by atoms with Crippen molar-refractivity contribution in [1.29, 1.82) is 0 Å². The number of para-hydroxylation sites is 1. The van der Waals surface area contributed by atoms with Gasteiger partial charge in [-0.15, -0.1) is 0 Å². The van der Waals surface area contributed by atoms with E-state index in [4.69, 9.17) is 16.3 Å². The summed E-state index contributed by atoms with van der Waals surface area (Å²) in [5.74, 6) is -1.86. The van der Waals surface area contributed by atoms with E-state index < -0.39 is 24.4 Å². The zero-order valence-corrected chi connectivity index (χ0v) is 16.8. The van der Waals surface area contributed by atoms with Gasteiger partial charge in [-0.2, -0.15) is 0 Å². The van der Waals surface area contributed by atoms with Gasteiger partial charge >= 0.3 is 5.97 Å². The largest absolute Gasteiger partial charge is 0.455 e. The summed E-state index contributed by atoms with van der Waals surface area (Å²) in [4.78, 5) is 38.5. The van der Waals surface area contributed by atoms with Crippen LogP contribution in [0.1, 0.15) is 6.42 Å². The fourth-order valence-electron chi connectivity index (χ4n) is 3.54. The number of benzene rings is 3. The second kappa shape index (κ2) is 8.55. The van der Waals surface area contributed by atoms with E-state index in [-0.39, 0.29) is 18.9 Å². The molecule has 0 bridgehead atoms. The number of hydrogen-bond donors (Lipinski definition) is 1. The van der Waals surface area contributed by atoms with Gasteiger partial charge in [-0.25, -0.2) is 0 Å². The molecule has 1 fully saturated rings. The number of anilines is 2. The van der Waals surface area contributed by atoms with Gasteiger partial charge in [0.1, 0.15) is 0 Å². The molecule has 1 heterocycles. The summed E-state index contributed by atoms with van der Waals surface area (Å²) >= 11 is 6.16. The van der Waals surface area contributed by atoms with E-state index >= 15 is 0 Å². The molecule has 1 aliphatic heterocycles. The molecular weight excluding hydrogens is 404 g/mol. The number of nitrogens with zero attached hydrogens (tertiary/aromatic N) is 1. The van der Waals surface area contributed by atoms with E-state index in [1.165, 1.54) is 4.90 Å². The van der Waals surface area contributed by atoms with Crippen molar-refractivity contribution in [1.82, 2.24) is 0 Å². The molecule has 0 spiro atoms. The molecular formula is C23H19ClN2O4. The smallest absolute Gasteiger partial charge is 0.311 e. The first-order valence-corrected chi connectivity index (χ1v) is 9.90. The lowest BCUT2D eigenvalue weighted by Gasteiger charge is -2.17. The lowest BCUT2D eigenvalue weighted by atomic mass is 10.1. The third-order valence-electron chi connectivity index (χ3n) is 5.01. The minimum Gasteiger partial charge on any atom is -0.455 e. The normalized spacial score (nSPS) is 16.0. The van der Waals surface area contributed by atoms with E-state index in [1.54, 1.807) is 30.3 Å². The number of carbonyl (C=O) groups is 3. The van der Waals surface area contributed by atoms with Crippen LogP contribution in [0.5, 0.6) is 0 Å². The fraction of sp³-hybridized carbons (Fsp3) is 0.174. The maximum absolute atomic E-state index is 12.4. The maximum atomic E-state index is 12.4. The van der Waals surface area contributed by atoms with Crippen molar-refractivity contribution in [2.75, 3.05) is 23.4 Å². The van der Waals surface area contributed by atoms with Crippen LogP contribution in [0.4, 0.5) is 11.4 Å². The number of ether oxygens (including phenoxy) is 1. The van der Waals surface area contributed by atoms with Gasteiger partial charge in [0.25, 0.3) is 5.91 Å². The topological polar surface area (TPSA) is 75.7 Å². The Hall–Kier alpha value is -3.38. The highest BCUT2D eigenvalue weighted by Crippen LogP contribution is 2.31. The number of esters is 1. The summed E-state index contributed by atoms with van der Waals surface area (Å²) in [6, 6.07) is 20.2. The van der Waals surface area contributed by atoms with Crippen molar-refractivity contribution in [3.63, 3.8) is 0 Å². The second-order valence-corrected chi connectivity index (χ2v) is 7.45. The molecule has 0 saturated carbocycles. The van der Waals surface area contributed by atoms with E-state index in [9.17, 15) is 14.4 Å². The molecule has 6 nitrogen and oxygen atoms in total. The van der Waals surface area contributed by atoms with Gasteiger partial charge < -0.3 is 15.0 Å². The monoisotopic (exact) mass is 422 g/mol. The standard InChI is InChI=1S/C23H19ClN2O4/c24-18-9-3-4-11-20(18)26-13-16(12-22(26)28)23(29)30-14-21(27)25-19-10-5-7-15-6-1-2-8-17(15)19/h1-11,16H,12-14H2,(H,25,27)/t16-/m1/s1. The Kier molecular flexibility index (Phi) is 5.68. The SMILES string of the molecule is O=C(COC(=O)[C@@H]1CC(=O)N(c2ccccc2Cl)C1)Nc1cccc2ccccc12. The van der Waals surface area contributed by atoms with E-state index in [0.717, 1.165) is 10.8 Å². The van der Waals surface area contributed by atoms with Crippen LogP contribution in [-0.4, -0.2) is 30.9 Å². The third-order valence-corrected chi connectivity index (χ3v) is 5.33. The summed E-state index contributed by atoms with van der Waals surface area (Å²) in [7, 11) is 0. The number of hydrogen-bond acceptors (Lipinski definition) is 4. The molecule has 1 atom stereocenters. The highest BCUT2D eigenvalue weighted by atomic mass is 35.5. The molecule has 152 valence electrons. The summed E-state index contributed by atoms with van der Waals surface area (Å²) in [6.45, 7) is -0.245. The minimum absolute atomic E-state index is 0.0228. The van der Waals surface area contributed by atoms with Gasteiger partial charge in [0.15, 0.2) is 6.61 Å². The highest BCUT2D eigenvalue weighted by molar-refractivity contribution is 6.33. The first-order valence-electron chi connectivity index (χ1n) is 9.52. The van der Waals surface area contributed by atoms with Crippen LogP contribution in [-0.2, 0) is 19.1 Å². The van der Waals surface area contributed by atoms with Gasteiger partial charge in [0, 0.05) is 24.0 Å². The first kappa shape index (κ1) is 19.9. The molecule has 1 saturated heterocycles. The van der Waals surface area contributed by atoms with Crippen LogP contribution in [0, 0.1) is 5.92 Å². The second-order valence-electron chi connectivity index (χ2n) is 7.04. The molecule has 4 rings (SSSR count). The van der Waals surface area contributed by atoms with E-state index in [1.807, 2.05) is 36.4 Å². The summed E-state index contributed by atoms with van der Waals surface area (Å²) in [5.41, 5.74) is 1.21. The number of carbonyl (C=O) groups excluding carboxylic acids is 3. The highest BCUT2D eigenvalue weighted by Gasteiger charge is 2.37. The van der Waals surface area contributed by atoms with E-state index in [0.29, 0.717) is 16.4 Å². The van der Waals surface area contributed by atoms with E-state index in [2.05, 4.69) is 5.32 Å². The minimum atomic E-state index is -0.640. The number of rotatable bonds is 5. The van der Waals surface area contributed by atoms with Gasteiger partial charge in [0.2, 0.25) is 5.91 Å². The number of nitrogens with one attached hydrogen (secondary N) is 1. The van der Waals surface area contributed by atoms with Gasteiger partial charge in [-0.1, -0.05) is 60.1 Å². The average molecular weight is 423 g/mol. The Morgan fingerprint density at radius 1 is 1.03 bits per heavy atom. The Labute approximate surface area is 178 Å². The lowest BCUT2D eigenvalue weighted by Crippen LogP contribution is -2.28. The van der Waals surface area contributed by atoms with Gasteiger partial charge in [-0.3, -0.25) is 14.4 Å². The maximum Gasteiger partial charge on any atom is 0.311 e. The molecule has 0 aliphatic carbocycles. The van der Waals surface area contributed by atoms with Crippen molar-refractivity contribution in [3.05, 3.63) is 71.8 Å². The van der Waals surface area contributed by atoms with Crippen molar-refractivity contribution in [2.45, 2.75) is 6.42 Å². The third kappa shape index (κ3) is 4.14. The van der Waals surface area contributed by atoms with Gasteiger partial charge in [-0.05, 0) is 23.6 Å². The van der Waals surface area contributed by atoms with Crippen molar-refractivity contribution >= 4 is 51.5 Å². The van der Waals surface area contributed by atoms with Crippen LogP contribution in [0.2, 0.25) is 5.02 Å². The Morgan fingerprint density at radius 2 is 1.77 bits per heavy atom. The summed E-state index contributed by atoms with van der Waals surface area (Å²) in [6.07, 6.45) is 0.0228. The van der Waals surface area contributed by atoms with Gasteiger partial charge in [0.05, 0.1) is 16.6 Å². The first-order chi connectivity index (χ1) is 14.5. The molecule has 0 radical (unpaired) electrons. The summed E-state index contributed by atoms with van der Waals surface area (Å²) in [5, 5.41) is 5.11. The number of amides is 2. The molecule has 3 aromatic rings. The quantitative estimate of drug-likeness (QED) is 0.630. The number of fused-ring (bicyclic) bond motifs is 1. The Balaban J connectivity index is 1.35. The molecule has 1 N–H and O–H groups in total.